The van der Waals surface area contributed by atoms with Crippen LogP contribution < -0.4 is 10.2 Å². The first kappa shape index (κ1) is 16.7. The van der Waals surface area contributed by atoms with Gasteiger partial charge in [-0.05, 0) is 25.1 Å². The molecule has 2 rings (SSSR count). The predicted octanol–water partition coefficient (Wildman–Crippen LogP) is 2.30. The Bertz CT molecular complexity index is 574. The number of amides is 2. The molecule has 1 aliphatic rings. The van der Waals surface area contributed by atoms with Crippen molar-refractivity contribution in [2.45, 2.75) is 13.0 Å². The van der Waals surface area contributed by atoms with Crippen LogP contribution in [-0.4, -0.2) is 54.2 Å². The summed E-state index contributed by atoms with van der Waals surface area (Å²) >= 11 is 11.9. The molecular weight excluding hydrogens is 329 g/mol. The predicted molar refractivity (Wildman–Crippen MR) is 85.9 cm³/mol. The van der Waals surface area contributed by atoms with Crippen molar-refractivity contribution in [2.24, 2.45) is 0 Å². The number of halogens is 2. The molecule has 1 heterocycles. The van der Waals surface area contributed by atoms with E-state index in [4.69, 9.17) is 28.3 Å². The van der Waals surface area contributed by atoms with Gasteiger partial charge in [0, 0.05) is 31.9 Å². The number of hydrogen-bond donors (Lipinski definition) is 2. The Morgan fingerprint density at radius 1 is 1.18 bits per heavy atom. The zero-order valence-corrected chi connectivity index (χ0v) is 13.6. The molecule has 1 fully saturated rings. The number of benzene rings is 1. The van der Waals surface area contributed by atoms with Crippen LogP contribution in [-0.2, 0) is 4.79 Å². The number of rotatable bonds is 3. The van der Waals surface area contributed by atoms with Crippen molar-refractivity contribution < 1.29 is 14.7 Å². The van der Waals surface area contributed by atoms with Crippen LogP contribution in [0.1, 0.15) is 6.92 Å². The molecule has 8 heteroatoms. The number of nitrogens with one attached hydrogen (secondary N) is 1. The van der Waals surface area contributed by atoms with Crippen molar-refractivity contribution in [3.8, 4) is 0 Å². The first-order valence-electron chi connectivity index (χ1n) is 6.86. The minimum Gasteiger partial charge on any atom is -0.480 e. The third kappa shape index (κ3) is 3.96. The van der Waals surface area contributed by atoms with Gasteiger partial charge >= 0.3 is 12.0 Å². The van der Waals surface area contributed by atoms with Crippen LogP contribution in [0.2, 0.25) is 10.0 Å². The van der Waals surface area contributed by atoms with Crippen molar-refractivity contribution in [2.75, 3.05) is 31.1 Å². The van der Waals surface area contributed by atoms with Gasteiger partial charge in [-0.1, -0.05) is 23.2 Å². The summed E-state index contributed by atoms with van der Waals surface area (Å²) in [5, 5.41) is 12.3. The Hall–Kier alpha value is -1.66. The maximum atomic E-state index is 11.9. The number of carbonyl (C=O) groups is 2. The third-order valence-corrected chi connectivity index (χ3v) is 4.28. The number of anilines is 1. The van der Waals surface area contributed by atoms with E-state index < -0.39 is 12.0 Å². The molecule has 1 unspecified atom stereocenters. The normalized spacial score (nSPS) is 16.3. The lowest BCUT2D eigenvalue weighted by molar-refractivity contribution is -0.138. The number of aliphatic carboxylic acids is 1. The van der Waals surface area contributed by atoms with E-state index in [-0.39, 0.29) is 6.03 Å². The summed E-state index contributed by atoms with van der Waals surface area (Å²) in [5.74, 6) is -1.05. The van der Waals surface area contributed by atoms with E-state index >= 15 is 0 Å². The lowest BCUT2D eigenvalue weighted by atomic mass is 10.2. The van der Waals surface area contributed by atoms with Crippen molar-refractivity contribution in [1.29, 1.82) is 0 Å². The minimum absolute atomic E-state index is 0.358. The molecule has 6 nitrogen and oxygen atoms in total. The highest BCUT2D eigenvalue weighted by molar-refractivity contribution is 6.42. The Morgan fingerprint density at radius 3 is 2.36 bits per heavy atom. The fraction of sp³-hybridized carbons (Fsp3) is 0.429. The van der Waals surface area contributed by atoms with Gasteiger partial charge in [0.2, 0.25) is 0 Å². The fourth-order valence-electron chi connectivity index (χ4n) is 2.19. The van der Waals surface area contributed by atoms with E-state index in [0.717, 1.165) is 5.69 Å². The number of carboxylic acids is 1. The molecule has 0 radical (unpaired) electrons. The number of carbonyl (C=O) groups excluding carboxylic acids is 1. The lowest BCUT2D eigenvalue weighted by Crippen LogP contribution is -2.54. The molecular formula is C14H17Cl2N3O3. The summed E-state index contributed by atoms with van der Waals surface area (Å²) in [6.07, 6.45) is 0. The van der Waals surface area contributed by atoms with Crippen molar-refractivity contribution in [3.05, 3.63) is 28.2 Å². The lowest BCUT2D eigenvalue weighted by Gasteiger charge is -2.36. The van der Waals surface area contributed by atoms with E-state index in [1.54, 1.807) is 17.0 Å². The Labute approximate surface area is 138 Å². The van der Waals surface area contributed by atoms with E-state index in [1.807, 2.05) is 6.07 Å². The first-order valence-corrected chi connectivity index (χ1v) is 7.62. The molecule has 1 atom stereocenters. The second kappa shape index (κ2) is 7.07. The van der Waals surface area contributed by atoms with Gasteiger partial charge < -0.3 is 20.2 Å². The Balaban J connectivity index is 1.91. The van der Waals surface area contributed by atoms with Crippen LogP contribution in [0.5, 0.6) is 0 Å². The van der Waals surface area contributed by atoms with Crippen LogP contribution in [0.15, 0.2) is 18.2 Å². The summed E-state index contributed by atoms with van der Waals surface area (Å²) in [6, 6.07) is 4.17. The van der Waals surface area contributed by atoms with Crippen molar-refractivity contribution in [3.63, 3.8) is 0 Å². The highest BCUT2D eigenvalue weighted by Crippen LogP contribution is 2.27. The molecule has 0 bridgehead atoms. The maximum absolute atomic E-state index is 11.9. The summed E-state index contributed by atoms with van der Waals surface area (Å²) in [4.78, 5) is 26.4. The zero-order valence-electron chi connectivity index (χ0n) is 12.1. The van der Waals surface area contributed by atoms with Gasteiger partial charge in [-0.25, -0.2) is 4.79 Å². The van der Waals surface area contributed by atoms with Crippen LogP contribution >= 0.6 is 23.2 Å². The molecule has 1 aromatic rings. The fourth-order valence-corrected chi connectivity index (χ4v) is 2.48. The Morgan fingerprint density at radius 2 is 1.82 bits per heavy atom. The number of urea groups is 1. The number of carboxylic acid groups (broad SMARTS) is 1. The summed E-state index contributed by atoms with van der Waals surface area (Å²) in [6.45, 7) is 3.75. The van der Waals surface area contributed by atoms with Crippen LogP contribution in [0.25, 0.3) is 0 Å². The van der Waals surface area contributed by atoms with Gasteiger partial charge in [0.05, 0.1) is 10.0 Å². The monoisotopic (exact) mass is 345 g/mol. The molecule has 0 spiro atoms. The molecule has 1 saturated heterocycles. The van der Waals surface area contributed by atoms with Crippen LogP contribution in [0.4, 0.5) is 10.5 Å². The molecule has 2 N–H and O–H groups in total. The molecule has 22 heavy (non-hydrogen) atoms. The smallest absolute Gasteiger partial charge is 0.325 e. The zero-order chi connectivity index (χ0) is 16.3. The van der Waals surface area contributed by atoms with Gasteiger partial charge in [-0.3, -0.25) is 4.79 Å². The third-order valence-electron chi connectivity index (χ3n) is 3.55. The first-order chi connectivity index (χ1) is 10.4. The van der Waals surface area contributed by atoms with E-state index in [0.29, 0.717) is 36.2 Å². The molecule has 120 valence electrons. The topological polar surface area (TPSA) is 72.9 Å². The second-order valence-corrected chi connectivity index (χ2v) is 5.90. The Kier molecular flexibility index (Phi) is 5.37. The molecule has 0 saturated carbocycles. The summed E-state index contributed by atoms with van der Waals surface area (Å²) < 4.78 is 0. The number of nitrogens with zero attached hydrogens (tertiary/aromatic N) is 2. The average molecular weight is 346 g/mol. The molecule has 2 amide bonds. The average Bonchev–Trinajstić information content (AvgIpc) is 2.50. The van der Waals surface area contributed by atoms with Gasteiger partial charge in [0.25, 0.3) is 0 Å². The molecule has 1 aromatic carbocycles. The SMILES string of the molecule is CC(NC(=O)N1CCN(c2ccc(Cl)c(Cl)c2)CC1)C(=O)O. The highest BCUT2D eigenvalue weighted by atomic mass is 35.5. The molecule has 1 aliphatic heterocycles. The molecule has 0 aromatic heterocycles. The van der Waals surface area contributed by atoms with Gasteiger partial charge in [0.1, 0.15) is 6.04 Å². The van der Waals surface area contributed by atoms with Crippen molar-refractivity contribution in [1.82, 2.24) is 10.2 Å². The second-order valence-electron chi connectivity index (χ2n) is 5.08. The van der Waals surface area contributed by atoms with Crippen LogP contribution in [0, 0.1) is 0 Å². The summed E-state index contributed by atoms with van der Waals surface area (Å²) in [5.41, 5.74) is 0.952. The van der Waals surface area contributed by atoms with Crippen molar-refractivity contribution >= 4 is 40.9 Å². The van der Waals surface area contributed by atoms with Crippen LogP contribution in [0.3, 0.4) is 0 Å². The van der Waals surface area contributed by atoms with E-state index in [9.17, 15) is 9.59 Å². The highest BCUT2D eigenvalue weighted by Gasteiger charge is 2.24. The standard InChI is InChI=1S/C14H17Cl2N3O3/c1-9(13(20)21)17-14(22)19-6-4-18(5-7-19)10-2-3-11(15)12(16)8-10/h2-3,8-9H,4-7H2,1H3,(H,17,22)(H,20,21). The van der Waals surface area contributed by atoms with Gasteiger partial charge in [-0.15, -0.1) is 0 Å². The number of piperazine rings is 1. The van der Waals surface area contributed by atoms with E-state index in [2.05, 4.69) is 10.2 Å². The number of hydrogen-bond acceptors (Lipinski definition) is 3. The largest absolute Gasteiger partial charge is 0.480 e. The van der Waals surface area contributed by atoms with Gasteiger partial charge in [0.15, 0.2) is 0 Å². The summed E-state index contributed by atoms with van der Waals surface area (Å²) in [7, 11) is 0. The van der Waals surface area contributed by atoms with E-state index in [1.165, 1.54) is 6.92 Å². The minimum atomic E-state index is -1.05. The quantitative estimate of drug-likeness (QED) is 0.881. The van der Waals surface area contributed by atoms with Gasteiger partial charge in [-0.2, -0.15) is 0 Å². The molecule has 0 aliphatic carbocycles. The maximum Gasteiger partial charge on any atom is 0.325 e.